The summed E-state index contributed by atoms with van der Waals surface area (Å²) in [5.41, 5.74) is 0. The van der Waals surface area contributed by atoms with Gasteiger partial charge in [0.15, 0.2) is 0 Å². The molecule has 0 amide bonds. The van der Waals surface area contributed by atoms with Crippen LogP contribution in [0.15, 0.2) is 0 Å². The van der Waals surface area contributed by atoms with Gasteiger partial charge in [-0.2, -0.15) is 0 Å². The van der Waals surface area contributed by atoms with Crippen molar-refractivity contribution in [1.82, 2.24) is 0 Å². The van der Waals surface area contributed by atoms with Crippen LogP contribution in [0.3, 0.4) is 0 Å². The number of hydrogen-bond donors (Lipinski definition) is 0. The molecule has 0 saturated carbocycles. The Morgan fingerprint density at radius 1 is 0.640 bits per heavy atom. The Morgan fingerprint density at radius 3 is 1.24 bits per heavy atom. The molecule has 2 atom stereocenters. The highest BCUT2D eigenvalue weighted by atomic mass is 16.5. The van der Waals surface area contributed by atoms with Crippen LogP contribution >= 0.6 is 0 Å². The second kappa shape index (κ2) is 14.1. The van der Waals surface area contributed by atoms with Gasteiger partial charge in [-0.3, -0.25) is 9.59 Å². The Hall–Kier alpha value is -1.06. The van der Waals surface area contributed by atoms with E-state index in [0.717, 1.165) is 57.8 Å². The Bertz CT molecular complexity index is 329. The van der Waals surface area contributed by atoms with Gasteiger partial charge >= 0.3 is 11.9 Å². The summed E-state index contributed by atoms with van der Waals surface area (Å²) in [6, 6.07) is 0. The molecule has 0 aromatic carbocycles. The highest BCUT2D eigenvalue weighted by Crippen LogP contribution is 2.23. The van der Waals surface area contributed by atoms with Crippen molar-refractivity contribution in [2.75, 3.05) is 14.2 Å². The summed E-state index contributed by atoms with van der Waals surface area (Å²) < 4.78 is 9.83. The van der Waals surface area contributed by atoms with Gasteiger partial charge in [0.05, 0.1) is 26.1 Å². The van der Waals surface area contributed by atoms with E-state index in [9.17, 15) is 9.59 Å². The molecule has 0 aliphatic rings. The molecule has 0 radical (unpaired) electrons. The van der Waals surface area contributed by atoms with Crippen molar-refractivity contribution in [3.05, 3.63) is 0 Å². The van der Waals surface area contributed by atoms with Gasteiger partial charge in [-0.05, 0) is 37.5 Å². The van der Waals surface area contributed by atoms with Crippen molar-refractivity contribution in [2.45, 2.75) is 85.5 Å². The van der Waals surface area contributed by atoms with Gasteiger partial charge in [0.1, 0.15) is 0 Å². The number of methoxy groups -OCH3 is 2. The Labute approximate surface area is 155 Å². The summed E-state index contributed by atoms with van der Waals surface area (Å²) in [6.07, 6.45) is 9.22. The van der Waals surface area contributed by atoms with Gasteiger partial charge < -0.3 is 9.47 Å². The average Bonchev–Trinajstić information content (AvgIpc) is 2.56. The van der Waals surface area contributed by atoms with Crippen molar-refractivity contribution in [1.29, 1.82) is 0 Å². The zero-order chi connectivity index (χ0) is 19.2. The lowest BCUT2D eigenvalue weighted by Gasteiger charge is -2.17. The van der Waals surface area contributed by atoms with Crippen molar-refractivity contribution in [3.63, 3.8) is 0 Å². The van der Waals surface area contributed by atoms with Crippen molar-refractivity contribution in [3.8, 4) is 0 Å². The van der Waals surface area contributed by atoms with Crippen LogP contribution in [0.5, 0.6) is 0 Å². The molecule has 148 valence electrons. The Balaban J connectivity index is 3.96. The molecule has 0 N–H and O–H groups in total. The highest BCUT2D eigenvalue weighted by molar-refractivity contribution is 5.72. The number of ether oxygens (including phenoxy) is 2. The molecule has 0 aromatic heterocycles. The molecule has 0 spiro atoms. The number of carbonyl (C=O) groups is 2. The van der Waals surface area contributed by atoms with Gasteiger partial charge in [-0.15, -0.1) is 0 Å². The van der Waals surface area contributed by atoms with E-state index in [1.165, 1.54) is 14.2 Å². The summed E-state index contributed by atoms with van der Waals surface area (Å²) in [7, 11) is 2.95. The molecule has 0 bridgehead atoms. The average molecular weight is 357 g/mol. The third-order valence-corrected chi connectivity index (χ3v) is 4.69. The zero-order valence-corrected chi connectivity index (χ0v) is 17.3. The third kappa shape index (κ3) is 12.0. The molecular formula is C21H40O4. The van der Waals surface area contributed by atoms with Crippen LogP contribution < -0.4 is 0 Å². The summed E-state index contributed by atoms with van der Waals surface area (Å²) in [4.78, 5) is 23.6. The van der Waals surface area contributed by atoms with E-state index < -0.39 is 0 Å². The summed E-state index contributed by atoms with van der Waals surface area (Å²) in [6.45, 7) is 8.57. The first-order valence-electron chi connectivity index (χ1n) is 9.97. The summed E-state index contributed by atoms with van der Waals surface area (Å²) in [5, 5.41) is 0. The number of rotatable bonds is 14. The van der Waals surface area contributed by atoms with E-state index in [4.69, 9.17) is 9.47 Å². The molecule has 0 saturated heterocycles. The second-order valence-corrected chi connectivity index (χ2v) is 8.04. The predicted octanol–water partition coefficient (Wildman–Crippen LogP) is 5.39. The predicted molar refractivity (Wildman–Crippen MR) is 102 cm³/mol. The van der Waals surface area contributed by atoms with E-state index in [0.29, 0.717) is 11.8 Å². The molecule has 0 aliphatic heterocycles. The smallest absolute Gasteiger partial charge is 0.308 e. The van der Waals surface area contributed by atoms with Gasteiger partial charge in [0.25, 0.3) is 0 Å². The molecule has 0 aliphatic carbocycles. The number of carbonyl (C=O) groups excluding carboxylic acids is 2. The molecular weight excluding hydrogens is 316 g/mol. The molecule has 2 unspecified atom stereocenters. The zero-order valence-electron chi connectivity index (χ0n) is 17.3. The van der Waals surface area contributed by atoms with Crippen molar-refractivity contribution >= 4 is 11.9 Å². The molecule has 0 fully saturated rings. The molecule has 25 heavy (non-hydrogen) atoms. The highest BCUT2D eigenvalue weighted by Gasteiger charge is 2.21. The van der Waals surface area contributed by atoms with Gasteiger partial charge in [0.2, 0.25) is 0 Å². The number of hydrogen-bond acceptors (Lipinski definition) is 4. The normalized spacial score (nSPS) is 13.8. The second-order valence-electron chi connectivity index (χ2n) is 8.04. The van der Waals surface area contributed by atoms with E-state index in [1.54, 1.807) is 0 Å². The maximum atomic E-state index is 11.8. The van der Waals surface area contributed by atoms with Gasteiger partial charge in [-0.1, -0.05) is 59.8 Å². The monoisotopic (exact) mass is 356 g/mol. The number of esters is 2. The first-order chi connectivity index (χ1) is 11.8. The maximum absolute atomic E-state index is 11.8. The van der Waals surface area contributed by atoms with Crippen LogP contribution in [0.2, 0.25) is 0 Å². The molecule has 0 rings (SSSR count). The molecule has 0 aromatic rings. The van der Waals surface area contributed by atoms with Gasteiger partial charge in [-0.25, -0.2) is 0 Å². The lowest BCUT2D eigenvalue weighted by atomic mass is 9.90. The SMILES string of the molecule is COC(=O)C(CCCCCCCC(CC(C)C)C(=O)OC)CC(C)C. The van der Waals surface area contributed by atoms with Crippen molar-refractivity contribution in [2.24, 2.45) is 23.7 Å². The first-order valence-corrected chi connectivity index (χ1v) is 9.97. The quantitative estimate of drug-likeness (QED) is 0.309. The van der Waals surface area contributed by atoms with Crippen LogP contribution in [0.4, 0.5) is 0 Å². The first kappa shape index (κ1) is 23.9. The lowest BCUT2D eigenvalue weighted by Crippen LogP contribution is -2.18. The van der Waals surface area contributed by atoms with E-state index in [-0.39, 0.29) is 23.8 Å². The van der Waals surface area contributed by atoms with Crippen LogP contribution in [0.1, 0.15) is 85.5 Å². The van der Waals surface area contributed by atoms with Crippen LogP contribution in [0, 0.1) is 23.7 Å². The fraction of sp³-hybridized carbons (Fsp3) is 0.905. The lowest BCUT2D eigenvalue weighted by molar-refractivity contribution is -0.147. The minimum Gasteiger partial charge on any atom is -0.469 e. The standard InChI is InChI=1S/C21H40O4/c1-16(2)14-18(20(22)24-5)12-10-8-7-9-11-13-19(15-17(3)4)21(23)25-6/h16-19H,7-15H2,1-6H3. The van der Waals surface area contributed by atoms with Crippen LogP contribution in [-0.2, 0) is 19.1 Å². The summed E-state index contributed by atoms with van der Waals surface area (Å²) in [5.74, 6) is 0.978. The minimum absolute atomic E-state index is 0.0414. The molecule has 4 nitrogen and oxygen atoms in total. The van der Waals surface area contributed by atoms with E-state index in [1.807, 2.05) is 0 Å². The summed E-state index contributed by atoms with van der Waals surface area (Å²) >= 11 is 0. The van der Waals surface area contributed by atoms with Crippen molar-refractivity contribution < 1.29 is 19.1 Å². The topological polar surface area (TPSA) is 52.6 Å². The minimum atomic E-state index is -0.0664. The van der Waals surface area contributed by atoms with Gasteiger partial charge in [0, 0.05) is 0 Å². The van der Waals surface area contributed by atoms with E-state index in [2.05, 4.69) is 27.7 Å². The number of unbranched alkanes of at least 4 members (excludes halogenated alkanes) is 4. The fourth-order valence-electron chi connectivity index (χ4n) is 3.45. The Kier molecular flexibility index (Phi) is 13.5. The molecule has 4 heteroatoms. The van der Waals surface area contributed by atoms with E-state index >= 15 is 0 Å². The Morgan fingerprint density at radius 2 is 0.960 bits per heavy atom. The molecule has 0 heterocycles. The largest absolute Gasteiger partial charge is 0.469 e. The van der Waals surface area contributed by atoms with Crippen LogP contribution in [-0.4, -0.2) is 26.2 Å². The van der Waals surface area contributed by atoms with Crippen LogP contribution in [0.25, 0.3) is 0 Å². The fourth-order valence-corrected chi connectivity index (χ4v) is 3.45. The maximum Gasteiger partial charge on any atom is 0.308 e. The third-order valence-electron chi connectivity index (χ3n) is 4.69.